The molecule has 6 aromatic rings. The first kappa shape index (κ1) is 61.5. The van der Waals surface area contributed by atoms with E-state index in [1.807, 2.05) is 13.8 Å². The summed E-state index contributed by atoms with van der Waals surface area (Å²) in [4.78, 5) is 50.7. The second-order valence-corrected chi connectivity index (χ2v) is 19.7. The Morgan fingerprint density at radius 1 is 0.725 bits per heavy atom. The maximum atomic E-state index is 12.3. The molecular weight excluding hydrogens is 1070 g/mol. The number of nitrogens with zero attached hydrogens (tertiary/aromatic N) is 12. The van der Waals surface area contributed by atoms with Gasteiger partial charge in [-0.2, -0.15) is 9.84 Å². The van der Waals surface area contributed by atoms with Crippen molar-refractivity contribution in [2.24, 2.45) is 20.5 Å². The third-order valence-corrected chi connectivity index (χ3v) is 14.0. The molecule has 0 amide bonds. The quantitative estimate of drug-likeness (QED) is 0.0276. The van der Waals surface area contributed by atoms with Crippen LogP contribution in [0.15, 0.2) is 127 Å². The Morgan fingerprint density at radius 2 is 1.20 bits per heavy atom. The first-order chi connectivity index (χ1) is 37.4. The fourth-order valence-corrected chi connectivity index (χ4v) is 9.41. The Morgan fingerprint density at radius 3 is 1.66 bits per heavy atom. The largest absolute Gasteiger partial charge is 0.506 e. The number of likely N-dealkylation sites (N-methyl/N-ethyl adjacent to an activating group) is 1. The van der Waals surface area contributed by atoms with Crippen molar-refractivity contribution in [3.05, 3.63) is 177 Å². The zero-order valence-corrected chi connectivity index (χ0v) is 46.9. The molecule has 8 rings (SSSR count). The van der Waals surface area contributed by atoms with Crippen molar-refractivity contribution in [1.29, 1.82) is 5.26 Å². The maximum absolute atomic E-state index is 12.3. The van der Waals surface area contributed by atoms with Crippen LogP contribution in [0.5, 0.6) is 23.3 Å². The van der Waals surface area contributed by atoms with E-state index in [1.165, 1.54) is 47.8 Å². The van der Waals surface area contributed by atoms with Crippen LogP contribution in [0.4, 0.5) is 51.2 Å². The van der Waals surface area contributed by atoms with Crippen molar-refractivity contribution in [2.75, 3.05) is 19.0 Å². The van der Waals surface area contributed by atoms with E-state index >= 15 is 0 Å². The predicted octanol–water partition coefficient (Wildman–Crippen LogP) is 12.8. The summed E-state index contributed by atoms with van der Waals surface area (Å²) < 4.78 is 4.44. The first-order valence-electron chi connectivity index (χ1n) is 25.1. The second kappa shape index (κ2) is 25.4. The molecule has 4 N–H and O–H groups in total. The van der Waals surface area contributed by atoms with Crippen molar-refractivity contribution < 1.29 is 51.6 Å². The number of benzene rings is 4. The average molecular weight is 1130 g/mol. The zero-order valence-electron chi connectivity index (χ0n) is 45.8. The Labute approximate surface area is 471 Å². The minimum Gasteiger partial charge on any atom is -0.506 e. The van der Waals surface area contributed by atoms with Crippen LogP contribution in [0.3, 0.4) is 0 Å². The van der Waals surface area contributed by atoms with Crippen molar-refractivity contribution in [1.82, 2.24) is 9.13 Å². The third-order valence-electron chi connectivity index (χ3n) is 14.0. The van der Waals surface area contributed by atoms with Crippen molar-refractivity contribution in [2.45, 2.75) is 105 Å². The predicted molar refractivity (Wildman–Crippen MR) is 299 cm³/mol. The number of rotatable bonds is 13. The van der Waals surface area contributed by atoms with Gasteiger partial charge in [0.15, 0.2) is 11.4 Å². The summed E-state index contributed by atoms with van der Waals surface area (Å²) in [5.41, 5.74) is 5.61. The summed E-state index contributed by atoms with van der Waals surface area (Å²) >= 11 is 0. The van der Waals surface area contributed by atoms with Crippen molar-refractivity contribution >= 4 is 56.9 Å². The molecule has 4 aromatic carbocycles. The molecule has 1 radical (unpaired) electrons. The molecule has 0 fully saturated rings. The first-order valence-corrected chi connectivity index (χ1v) is 25.1. The number of aromatic hydroxyl groups is 4. The van der Waals surface area contributed by atoms with E-state index in [0.717, 1.165) is 58.4 Å². The second-order valence-electron chi connectivity index (χ2n) is 19.7. The Hall–Kier alpha value is -9.32. The van der Waals surface area contributed by atoms with E-state index in [4.69, 9.17) is 6.57 Å². The van der Waals surface area contributed by atoms with Crippen molar-refractivity contribution in [3.8, 4) is 29.3 Å². The summed E-state index contributed by atoms with van der Waals surface area (Å²) in [6.07, 6.45) is 5.16. The topological polar surface area (TPSA) is 295 Å². The number of nitriles is 1. The number of para-hydroxylation sites is 2. The number of allylic oxidation sites excluding steroid dienone is 2. The third kappa shape index (κ3) is 12.2. The smallest absolute Gasteiger partial charge is 0.271 e. The molecule has 2 aliphatic rings. The number of phenols is 2. The number of hydrogen-bond acceptors (Lipinski definition) is 16. The summed E-state index contributed by atoms with van der Waals surface area (Å²) in [6.45, 7) is 23.6. The molecule has 0 spiro atoms. The number of unbranched alkanes of at least 4 members (excludes halogenated alkanes) is 2. The molecule has 0 aliphatic carbocycles. The number of nitro groups is 2. The molecular formula is C57H61CoN12O10+. The summed E-state index contributed by atoms with van der Waals surface area (Å²) in [5.74, 6) is -1.60. The Balaban J connectivity index is 0.000000219. The minimum atomic E-state index is -0.653. The Kier molecular flexibility index (Phi) is 19.6. The van der Waals surface area contributed by atoms with Gasteiger partial charge in [-0.25, -0.2) is 4.85 Å². The Bertz CT molecular complexity index is 3590. The van der Waals surface area contributed by atoms with Crippen LogP contribution in [0.25, 0.3) is 4.85 Å². The number of fused-ring (bicyclic) bond motifs is 2. The molecule has 0 saturated heterocycles. The number of anilines is 1. The van der Waals surface area contributed by atoms with Crippen LogP contribution in [-0.2, 0) is 40.7 Å². The molecule has 0 unspecified atom stereocenters. The van der Waals surface area contributed by atoms with Gasteiger partial charge in [0.25, 0.3) is 28.2 Å². The average Bonchev–Trinajstić information content (AvgIpc) is 3.92. The van der Waals surface area contributed by atoms with Crippen LogP contribution in [-0.4, -0.2) is 63.8 Å². The molecule has 0 saturated carbocycles. The number of hydrogen-bond donors (Lipinski definition) is 4. The van der Waals surface area contributed by atoms with E-state index in [2.05, 4.69) is 131 Å². The van der Waals surface area contributed by atoms with E-state index in [-0.39, 0.29) is 109 Å². The number of nitro benzene ring substituents is 2. The molecule has 0 bridgehead atoms. The van der Waals surface area contributed by atoms with Gasteiger partial charge in [0.1, 0.15) is 47.2 Å². The van der Waals surface area contributed by atoms with Crippen LogP contribution in [0.1, 0.15) is 95.0 Å². The van der Waals surface area contributed by atoms with E-state index in [9.17, 15) is 55.5 Å². The van der Waals surface area contributed by atoms with Crippen molar-refractivity contribution in [3.63, 3.8) is 0 Å². The SMILES string of the molecule is CCCCn1c(O)c(N=Nc2cc([N+](=O)[O-])ccc2O)c(C)c(C#N)c1=O.CN1C(=CC2=[N+](C)c3ccccc3C2(C)C)C(C)(C)c2ccccc21.[C-]#[N+]c1c(C)c(N=Nc2cc([N+](=O)[O-])ccc2O)c(O)n(CCCC)c1=O.[Co]. The van der Waals surface area contributed by atoms with Gasteiger partial charge < -0.3 is 25.3 Å². The summed E-state index contributed by atoms with van der Waals surface area (Å²) in [7, 11) is 4.38. The number of pyridine rings is 2. The van der Waals surface area contributed by atoms with Crippen LogP contribution < -0.4 is 16.0 Å². The fraction of sp³-hybridized carbons (Fsp3) is 0.316. The van der Waals surface area contributed by atoms with Gasteiger partial charge in [0.05, 0.1) is 21.8 Å². The summed E-state index contributed by atoms with van der Waals surface area (Å²) in [5, 5.41) is 86.6. The molecule has 417 valence electrons. The van der Waals surface area contributed by atoms with Gasteiger partial charge >= 0.3 is 0 Å². The molecule has 2 aromatic heterocycles. The molecule has 0 atom stereocenters. The van der Waals surface area contributed by atoms with Gasteiger partial charge in [0, 0.05) is 101 Å². The monoisotopic (exact) mass is 1130 g/mol. The van der Waals surface area contributed by atoms with Gasteiger partial charge in [0.2, 0.25) is 17.4 Å². The standard InChI is InChI=1S/C23H27N2.2C17H17N5O5.Co/c1-22(2)16-11-7-9-13-18(16)24(5)20(22)15-21-23(3,4)17-12-8-10-14-19(17)25(21)6;1-4-5-8-21-16(24)14(18-3)10(2)15(17(21)25)20-19-12-9-11(22(26)27)6-7-13(12)23;1-3-4-7-21-16(24)12(9-18)10(2)15(17(21)25)20-19-13-8-11(22(26)27)5-6-14(13)23;/h7-15H,1-6H3;6-7,9,23,25H,4-5,8H2,1-2H3;5-6,8,23,25H,3-4,7H2,1-2H3;/q+1;;;. The zero-order chi connectivity index (χ0) is 58.3. The van der Waals surface area contributed by atoms with E-state index in [0.29, 0.717) is 12.8 Å². The fourth-order valence-electron chi connectivity index (χ4n) is 9.41. The summed E-state index contributed by atoms with van der Waals surface area (Å²) in [6, 6.07) is 25.8. The molecule has 80 heavy (non-hydrogen) atoms. The minimum absolute atomic E-state index is 0. The number of aromatic nitrogens is 2. The molecule has 22 nitrogen and oxygen atoms in total. The maximum Gasteiger partial charge on any atom is 0.271 e. The van der Waals surface area contributed by atoms with Gasteiger partial charge in [-0.3, -0.25) is 39.0 Å². The van der Waals surface area contributed by atoms with E-state index < -0.39 is 32.7 Å². The van der Waals surface area contributed by atoms with Crippen LogP contribution in [0, 0.1) is 52.0 Å². The molecule has 4 heterocycles. The van der Waals surface area contributed by atoms with E-state index in [1.54, 1.807) is 6.07 Å². The van der Waals surface area contributed by atoms with Gasteiger partial charge in [-0.15, -0.1) is 20.5 Å². The van der Waals surface area contributed by atoms with Crippen LogP contribution in [0.2, 0.25) is 0 Å². The molecule has 2 aliphatic heterocycles. The molecule has 23 heteroatoms. The number of phenolic OH excluding ortho intramolecular Hbond substituents is 2. The number of non-ortho nitro benzene ring substituents is 2. The normalized spacial score (nSPS) is 14.1. The van der Waals surface area contributed by atoms with Gasteiger partial charge in [-0.05, 0) is 69.9 Å². The number of azo groups is 2. The van der Waals surface area contributed by atoms with Gasteiger partial charge in [-0.1, -0.05) is 76.9 Å². The van der Waals surface area contributed by atoms with Crippen LogP contribution >= 0.6 is 0 Å².